The van der Waals surface area contributed by atoms with Gasteiger partial charge in [-0.1, -0.05) is 0 Å². The molecule has 0 unspecified atom stereocenters. The molecule has 0 spiro atoms. The van der Waals surface area contributed by atoms with Crippen LogP contribution in [0.2, 0.25) is 0 Å². The van der Waals surface area contributed by atoms with Crippen LogP contribution in [0.4, 0.5) is 0 Å². The molecular formula is C19H26N2O4. The molecule has 6 heteroatoms. The summed E-state index contributed by atoms with van der Waals surface area (Å²) < 4.78 is 17.8. The van der Waals surface area contributed by atoms with Crippen molar-refractivity contribution in [2.45, 2.75) is 32.2 Å². The van der Waals surface area contributed by atoms with Crippen molar-refractivity contribution in [1.82, 2.24) is 9.55 Å². The minimum Gasteiger partial charge on any atom is -0.489 e. The SMILES string of the molecule is COCCOc1cnc2ccn(CC3CCC(C(=O)OC)CC3)c2c1. The quantitative estimate of drug-likeness (QED) is 0.570. The van der Waals surface area contributed by atoms with E-state index < -0.39 is 0 Å². The lowest BCUT2D eigenvalue weighted by atomic mass is 9.82. The van der Waals surface area contributed by atoms with Crippen LogP contribution in [0.5, 0.6) is 5.75 Å². The number of hydrogen-bond acceptors (Lipinski definition) is 5. The number of esters is 1. The van der Waals surface area contributed by atoms with Gasteiger partial charge in [0.1, 0.15) is 12.4 Å². The number of pyridine rings is 1. The van der Waals surface area contributed by atoms with Crippen LogP contribution in [-0.4, -0.2) is 43.0 Å². The summed E-state index contributed by atoms with van der Waals surface area (Å²) in [5.41, 5.74) is 2.06. The summed E-state index contributed by atoms with van der Waals surface area (Å²) >= 11 is 0. The van der Waals surface area contributed by atoms with Gasteiger partial charge in [-0.05, 0) is 37.7 Å². The molecule has 3 rings (SSSR count). The molecule has 1 aliphatic carbocycles. The Kier molecular flexibility index (Phi) is 5.91. The van der Waals surface area contributed by atoms with Gasteiger partial charge in [-0.25, -0.2) is 0 Å². The van der Waals surface area contributed by atoms with Crippen LogP contribution >= 0.6 is 0 Å². The van der Waals surface area contributed by atoms with Gasteiger partial charge in [0, 0.05) is 25.9 Å². The third-order valence-electron chi connectivity index (χ3n) is 4.99. The van der Waals surface area contributed by atoms with Gasteiger partial charge in [-0.3, -0.25) is 9.78 Å². The number of ether oxygens (including phenoxy) is 3. The van der Waals surface area contributed by atoms with Crippen molar-refractivity contribution < 1.29 is 19.0 Å². The first-order valence-electron chi connectivity index (χ1n) is 8.85. The predicted octanol–water partition coefficient (Wildman–Crippen LogP) is 3.04. The molecule has 0 radical (unpaired) electrons. The van der Waals surface area contributed by atoms with Crippen molar-refractivity contribution in [1.29, 1.82) is 0 Å². The zero-order chi connectivity index (χ0) is 17.6. The van der Waals surface area contributed by atoms with Crippen molar-refractivity contribution in [3.63, 3.8) is 0 Å². The first-order chi connectivity index (χ1) is 12.2. The van der Waals surface area contributed by atoms with Crippen LogP contribution in [0.15, 0.2) is 24.5 Å². The van der Waals surface area contributed by atoms with E-state index in [1.807, 2.05) is 12.1 Å². The molecule has 0 amide bonds. The van der Waals surface area contributed by atoms with E-state index in [1.165, 1.54) is 7.11 Å². The summed E-state index contributed by atoms with van der Waals surface area (Å²) in [7, 11) is 3.13. The molecule has 25 heavy (non-hydrogen) atoms. The van der Waals surface area contributed by atoms with Gasteiger partial charge in [-0.15, -0.1) is 0 Å². The lowest BCUT2D eigenvalue weighted by Crippen LogP contribution is -2.24. The molecule has 1 fully saturated rings. The first kappa shape index (κ1) is 17.7. The van der Waals surface area contributed by atoms with E-state index in [4.69, 9.17) is 14.2 Å². The third-order valence-corrected chi connectivity index (χ3v) is 4.99. The Hall–Kier alpha value is -2.08. The second-order valence-electron chi connectivity index (χ2n) is 6.63. The Morgan fingerprint density at radius 1 is 1.24 bits per heavy atom. The van der Waals surface area contributed by atoms with E-state index in [2.05, 4.69) is 15.7 Å². The monoisotopic (exact) mass is 346 g/mol. The van der Waals surface area contributed by atoms with Gasteiger partial charge < -0.3 is 18.8 Å². The minimum atomic E-state index is -0.0630. The number of fused-ring (bicyclic) bond motifs is 1. The maximum atomic E-state index is 11.7. The Labute approximate surface area is 148 Å². The van der Waals surface area contributed by atoms with Crippen LogP contribution in [0.3, 0.4) is 0 Å². The highest BCUT2D eigenvalue weighted by molar-refractivity contribution is 5.77. The Morgan fingerprint density at radius 2 is 2.04 bits per heavy atom. The molecule has 136 valence electrons. The lowest BCUT2D eigenvalue weighted by molar-refractivity contribution is -0.146. The van der Waals surface area contributed by atoms with E-state index >= 15 is 0 Å². The van der Waals surface area contributed by atoms with Crippen molar-refractivity contribution in [2.75, 3.05) is 27.4 Å². The maximum Gasteiger partial charge on any atom is 0.308 e. The molecule has 0 aromatic carbocycles. The second-order valence-corrected chi connectivity index (χ2v) is 6.63. The van der Waals surface area contributed by atoms with E-state index in [0.717, 1.165) is 49.0 Å². The molecule has 2 aromatic heterocycles. The molecular weight excluding hydrogens is 320 g/mol. The topological polar surface area (TPSA) is 62.6 Å². The van der Waals surface area contributed by atoms with Crippen molar-refractivity contribution in [3.8, 4) is 5.75 Å². The fourth-order valence-corrected chi connectivity index (χ4v) is 3.55. The van der Waals surface area contributed by atoms with Gasteiger partial charge >= 0.3 is 5.97 Å². The second kappa shape index (κ2) is 8.34. The van der Waals surface area contributed by atoms with Gasteiger partial charge in [0.15, 0.2) is 0 Å². The van der Waals surface area contributed by atoms with E-state index in [1.54, 1.807) is 13.3 Å². The molecule has 1 aliphatic rings. The summed E-state index contributed by atoms with van der Waals surface area (Å²) in [5, 5.41) is 0. The zero-order valence-corrected chi connectivity index (χ0v) is 14.9. The van der Waals surface area contributed by atoms with Crippen molar-refractivity contribution in [3.05, 3.63) is 24.5 Å². The van der Waals surface area contributed by atoms with Gasteiger partial charge in [0.25, 0.3) is 0 Å². The van der Waals surface area contributed by atoms with Gasteiger partial charge in [0.2, 0.25) is 0 Å². The highest BCUT2D eigenvalue weighted by Crippen LogP contribution is 2.31. The summed E-state index contributed by atoms with van der Waals surface area (Å²) in [4.78, 5) is 16.1. The predicted molar refractivity (Wildman–Crippen MR) is 94.6 cm³/mol. The van der Waals surface area contributed by atoms with Crippen LogP contribution in [0.1, 0.15) is 25.7 Å². The Balaban J connectivity index is 1.63. The molecule has 0 bridgehead atoms. The summed E-state index contributed by atoms with van der Waals surface area (Å²) in [6.07, 6.45) is 7.78. The normalized spacial score (nSPS) is 20.6. The molecule has 2 heterocycles. The summed E-state index contributed by atoms with van der Waals surface area (Å²) in [6.45, 7) is 2.02. The number of carbonyl (C=O) groups excluding carboxylic acids is 1. The summed E-state index contributed by atoms with van der Waals surface area (Å²) in [6, 6.07) is 4.08. The minimum absolute atomic E-state index is 0.0630. The highest BCUT2D eigenvalue weighted by Gasteiger charge is 2.27. The molecule has 0 N–H and O–H groups in total. The fraction of sp³-hybridized carbons (Fsp3) is 0.579. The van der Waals surface area contributed by atoms with Crippen LogP contribution in [0.25, 0.3) is 11.0 Å². The van der Waals surface area contributed by atoms with Gasteiger partial charge in [-0.2, -0.15) is 0 Å². The number of rotatable bonds is 7. The third kappa shape index (κ3) is 4.31. The maximum absolute atomic E-state index is 11.7. The Morgan fingerprint density at radius 3 is 2.76 bits per heavy atom. The zero-order valence-electron chi connectivity index (χ0n) is 14.9. The standard InChI is InChI=1S/C19H26N2O4/c1-23-9-10-25-16-11-18-17(20-12-16)7-8-21(18)13-14-3-5-15(6-4-14)19(22)24-2/h7-8,11-12,14-15H,3-6,9-10,13H2,1-2H3. The average Bonchev–Trinajstić information content (AvgIpc) is 3.04. The van der Waals surface area contributed by atoms with Crippen molar-refractivity contribution >= 4 is 17.0 Å². The number of nitrogens with zero attached hydrogens (tertiary/aromatic N) is 2. The number of methoxy groups -OCH3 is 2. The lowest BCUT2D eigenvalue weighted by Gasteiger charge is -2.27. The van der Waals surface area contributed by atoms with Crippen molar-refractivity contribution in [2.24, 2.45) is 11.8 Å². The summed E-state index contributed by atoms with van der Waals surface area (Å²) in [5.74, 6) is 1.35. The van der Waals surface area contributed by atoms with Gasteiger partial charge in [0.05, 0.1) is 36.9 Å². The highest BCUT2D eigenvalue weighted by atomic mass is 16.5. The Bertz CT molecular complexity index is 705. The molecule has 1 saturated carbocycles. The number of carbonyl (C=O) groups is 1. The van der Waals surface area contributed by atoms with Crippen LogP contribution < -0.4 is 4.74 Å². The average molecular weight is 346 g/mol. The molecule has 2 aromatic rings. The first-order valence-corrected chi connectivity index (χ1v) is 8.85. The van der Waals surface area contributed by atoms with E-state index in [0.29, 0.717) is 19.1 Å². The number of hydrogen-bond donors (Lipinski definition) is 0. The number of aromatic nitrogens is 2. The largest absolute Gasteiger partial charge is 0.489 e. The molecule has 0 aliphatic heterocycles. The van der Waals surface area contributed by atoms with E-state index in [-0.39, 0.29) is 11.9 Å². The van der Waals surface area contributed by atoms with E-state index in [9.17, 15) is 4.79 Å². The smallest absolute Gasteiger partial charge is 0.308 e. The molecule has 0 atom stereocenters. The van der Waals surface area contributed by atoms with Crippen LogP contribution in [-0.2, 0) is 20.8 Å². The molecule has 0 saturated heterocycles. The fourth-order valence-electron chi connectivity index (χ4n) is 3.55. The molecule has 6 nitrogen and oxygen atoms in total. The van der Waals surface area contributed by atoms with Crippen LogP contribution in [0, 0.1) is 11.8 Å².